The lowest BCUT2D eigenvalue weighted by atomic mass is 10.2. The molecule has 0 aliphatic heterocycles. The van der Waals surface area contributed by atoms with E-state index in [0.29, 0.717) is 13.1 Å². The minimum Gasteiger partial charge on any atom is -0.508 e. The van der Waals surface area contributed by atoms with E-state index in [4.69, 9.17) is 4.74 Å². The van der Waals surface area contributed by atoms with Crippen LogP contribution in [0.5, 0.6) is 5.75 Å². The maximum Gasteiger partial charge on any atom is 0.194 e. The topological polar surface area (TPSA) is 70.0 Å². The molecule has 0 aliphatic carbocycles. The van der Waals surface area contributed by atoms with Crippen molar-refractivity contribution < 1.29 is 9.84 Å². The van der Waals surface area contributed by atoms with Gasteiger partial charge >= 0.3 is 0 Å². The molecule has 0 fully saturated rings. The highest BCUT2D eigenvalue weighted by molar-refractivity contribution is 7.09. The number of rotatable bonds is 7. The molecule has 0 amide bonds. The van der Waals surface area contributed by atoms with E-state index in [1.165, 1.54) is 0 Å². The second kappa shape index (κ2) is 9.39. The van der Waals surface area contributed by atoms with Crippen LogP contribution >= 0.6 is 11.3 Å². The van der Waals surface area contributed by atoms with Crippen molar-refractivity contribution >= 4 is 17.3 Å². The zero-order valence-electron chi connectivity index (χ0n) is 15.2. The Bertz CT molecular complexity index is 685. The lowest BCUT2D eigenvalue weighted by molar-refractivity contribution is 0.119. The summed E-state index contributed by atoms with van der Waals surface area (Å²) in [6, 6.07) is 7.10. The van der Waals surface area contributed by atoms with E-state index >= 15 is 0 Å². The fraction of sp³-hybridized carbons (Fsp3) is 0.444. The van der Waals surface area contributed by atoms with E-state index in [-0.39, 0.29) is 11.9 Å². The van der Waals surface area contributed by atoms with Crippen molar-refractivity contribution in [2.45, 2.75) is 33.0 Å². The molecular weight excluding hydrogens is 336 g/mol. The quantitative estimate of drug-likeness (QED) is 0.585. The molecule has 7 heteroatoms. The molecule has 0 saturated heterocycles. The van der Waals surface area contributed by atoms with Crippen LogP contribution in [0, 0.1) is 0 Å². The van der Waals surface area contributed by atoms with Gasteiger partial charge in [-0.3, -0.25) is 0 Å². The van der Waals surface area contributed by atoms with Gasteiger partial charge in [0.05, 0.1) is 18.8 Å². The molecule has 6 nitrogen and oxygen atoms in total. The summed E-state index contributed by atoms with van der Waals surface area (Å²) < 4.78 is 5.32. The summed E-state index contributed by atoms with van der Waals surface area (Å²) in [6.07, 6.45) is 0.0143. The van der Waals surface area contributed by atoms with Crippen molar-refractivity contribution in [3.8, 4) is 5.75 Å². The van der Waals surface area contributed by atoms with E-state index in [0.717, 1.165) is 28.8 Å². The number of nitrogens with one attached hydrogen (secondary N) is 1. The molecule has 0 aliphatic rings. The van der Waals surface area contributed by atoms with Gasteiger partial charge in [0.15, 0.2) is 5.96 Å². The number of guanidine groups is 1. The second-order valence-electron chi connectivity index (χ2n) is 5.75. The van der Waals surface area contributed by atoms with Gasteiger partial charge < -0.3 is 20.1 Å². The molecule has 0 radical (unpaired) electrons. The van der Waals surface area contributed by atoms with Crippen molar-refractivity contribution in [1.82, 2.24) is 15.2 Å². The summed E-state index contributed by atoms with van der Waals surface area (Å²) in [5, 5.41) is 15.7. The first kappa shape index (κ1) is 19.2. The van der Waals surface area contributed by atoms with Crippen molar-refractivity contribution in [3.63, 3.8) is 0 Å². The van der Waals surface area contributed by atoms with Crippen LogP contribution in [0.25, 0.3) is 0 Å². The molecule has 2 aromatic rings. The van der Waals surface area contributed by atoms with Crippen LogP contribution < -0.4 is 5.32 Å². The van der Waals surface area contributed by atoms with E-state index in [9.17, 15) is 5.11 Å². The molecule has 1 aromatic heterocycles. The van der Waals surface area contributed by atoms with Gasteiger partial charge in [0, 0.05) is 26.1 Å². The van der Waals surface area contributed by atoms with Crippen molar-refractivity contribution in [1.29, 1.82) is 0 Å². The van der Waals surface area contributed by atoms with Crippen molar-refractivity contribution in [2.24, 2.45) is 4.99 Å². The minimum absolute atomic E-state index is 0.0143. The molecule has 25 heavy (non-hydrogen) atoms. The van der Waals surface area contributed by atoms with Crippen LogP contribution in [0.4, 0.5) is 0 Å². The molecule has 2 rings (SSSR count). The van der Waals surface area contributed by atoms with Gasteiger partial charge in [-0.15, -0.1) is 11.3 Å². The normalized spacial score (nSPS) is 12.9. The number of phenolic OH excluding ortho intramolecular Hbond substituents is 1. The van der Waals surface area contributed by atoms with Gasteiger partial charge in [-0.2, -0.15) is 0 Å². The predicted octanol–water partition coefficient (Wildman–Crippen LogP) is 3.15. The van der Waals surface area contributed by atoms with Crippen LogP contribution in [-0.4, -0.2) is 41.7 Å². The zero-order valence-corrected chi connectivity index (χ0v) is 16.0. The highest BCUT2D eigenvalue weighted by Gasteiger charge is 2.12. The van der Waals surface area contributed by atoms with E-state index in [2.05, 4.69) is 25.6 Å². The lowest BCUT2D eigenvalue weighted by Gasteiger charge is -2.21. The Morgan fingerprint density at radius 1 is 1.40 bits per heavy atom. The summed E-state index contributed by atoms with van der Waals surface area (Å²) in [5.41, 5.74) is 2.05. The number of methoxy groups -OCH3 is 1. The Hall–Kier alpha value is -2.12. The summed E-state index contributed by atoms with van der Waals surface area (Å²) in [7, 11) is 3.69. The average Bonchev–Trinajstić information content (AvgIpc) is 3.07. The molecule has 1 unspecified atom stereocenters. The van der Waals surface area contributed by atoms with E-state index in [1.807, 2.05) is 33.0 Å². The highest BCUT2D eigenvalue weighted by Crippen LogP contribution is 2.21. The van der Waals surface area contributed by atoms with Gasteiger partial charge in [0.2, 0.25) is 0 Å². The van der Waals surface area contributed by atoms with Gasteiger partial charge in [0.1, 0.15) is 16.9 Å². The number of phenols is 1. The molecule has 0 spiro atoms. The third-order valence-corrected chi connectivity index (χ3v) is 4.77. The summed E-state index contributed by atoms with van der Waals surface area (Å²) in [6.45, 7) is 6.06. The third kappa shape index (κ3) is 5.72. The van der Waals surface area contributed by atoms with Gasteiger partial charge in [-0.1, -0.05) is 12.1 Å². The number of hydrogen-bond donors (Lipinski definition) is 2. The molecular formula is C18H26N4O2S. The lowest BCUT2D eigenvalue weighted by Crippen LogP contribution is -2.38. The van der Waals surface area contributed by atoms with E-state index in [1.54, 1.807) is 30.6 Å². The van der Waals surface area contributed by atoms with E-state index < -0.39 is 0 Å². The second-order valence-corrected chi connectivity index (χ2v) is 6.64. The van der Waals surface area contributed by atoms with Crippen LogP contribution in [0.3, 0.4) is 0 Å². The molecule has 1 aromatic carbocycles. The third-order valence-electron chi connectivity index (χ3n) is 3.71. The summed E-state index contributed by atoms with van der Waals surface area (Å²) in [5.74, 6) is 1.09. The molecule has 0 bridgehead atoms. The maximum atomic E-state index is 9.36. The molecule has 1 atom stereocenters. The Morgan fingerprint density at radius 3 is 2.76 bits per heavy atom. The Labute approximate surface area is 153 Å². The number of aliphatic imine (C=N–C) groups is 1. The number of ether oxygens (including phenoxy) is 1. The first-order valence-electron chi connectivity index (χ1n) is 8.28. The van der Waals surface area contributed by atoms with Crippen molar-refractivity contribution in [2.75, 3.05) is 20.7 Å². The zero-order chi connectivity index (χ0) is 18.2. The maximum absolute atomic E-state index is 9.36. The number of thiazole rings is 1. The number of hydrogen-bond acceptors (Lipinski definition) is 5. The Balaban J connectivity index is 2.03. The van der Waals surface area contributed by atoms with Crippen LogP contribution in [0.1, 0.15) is 36.2 Å². The largest absolute Gasteiger partial charge is 0.508 e. The van der Waals surface area contributed by atoms with Crippen LogP contribution in [-0.2, 0) is 17.8 Å². The first-order valence-corrected chi connectivity index (χ1v) is 9.15. The molecule has 1 heterocycles. The molecule has 2 N–H and O–H groups in total. The fourth-order valence-corrected chi connectivity index (χ4v) is 3.08. The summed E-state index contributed by atoms with van der Waals surface area (Å²) in [4.78, 5) is 11.4. The van der Waals surface area contributed by atoms with Gasteiger partial charge in [0.25, 0.3) is 0 Å². The summed E-state index contributed by atoms with van der Waals surface area (Å²) >= 11 is 1.61. The van der Waals surface area contributed by atoms with Gasteiger partial charge in [-0.05, 0) is 31.5 Å². The Morgan fingerprint density at radius 2 is 2.12 bits per heavy atom. The van der Waals surface area contributed by atoms with Crippen LogP contribution in [0.2, 0.25) is 0 Å². The molecule has 136 valence electrons. The minimum atomic E-state index is 0.0143. The highest BCUT2D eigenvalue weighted by atomic mass is 32.1. The standard InChI is InChI=1S/C18H26N4O2S/c1-5-19-18(20-10-14-6-8-16(23)9-7-14)22(3)11-15-12-25-17(21-15)13(2)24-4/h6-9,12-13,23H,5,10-11H2,1-4H3,(H,19,20). The number of nitrogens with zero attached hydrogens (tertiary/aromatic N) is 3. The smallest absolute Gasteiger partial charge is 0.194 e. The van der Waals surface area contributed by atoms with Crippen molar-refractivity contribution in [3.05, 3.63) is 45.9 Å². The number of benzene rings is 1. The SMILES string of the molecule is CCNC(=NCc1ccc(O)cc1)N(C)Cc1csc(C(C)OC)n1. The van der Waals surface area contributed by atoms with Gasteiger partial charge in [-0.25, -0.2) is 9.98 Å². The fourth-order valence-electron chi connectivity index (χ4n) is 2.24. The van der Waals surface area contributed by atoms with Crippen LogP contribution in [0.15, 0.2) is 34.6 Å². The number of aromatic hydroxyl groups is 1. The first-order chi connectivity index (χ1) is 12.0. The average molecular weight is 362 g/mol. The molecule has 0 saturated carbocycles. The Kier molecular flexibility index (Phi) is 7.21. The number of aromatic nitrogens is 1. The monoisotopic (exact) mass is 362 g/mol. The predicted molar refractivity (Wildman–Crippen MR) is 102 cm³/mol.